The van der Waals surface area contributed by atoms with Crippen molar-refractivity contribution in [3.05, 3.63) is 24.0 Å². The van der Waals surface area contributed by atoms with Crippen LogP contribution >= 0.6 is 0 Å². The lowest BCUT2D eigenvalue weighted by molar-refractivity contribution is -0.120. The van der Waals surface area contributed by atoms with Crippen molar-refractivity contribution in [3.8, 4) is 0 Å². The first kappa shape index (κ1) is 16.0. The standard InChI is InChI=1S/C18H26N4O/c1-2-3-7-17-21-15-9-8-14(11-16(15)22-17)20-18(23)12-5-4-6-13(19)10-12/h8-9,11-13H,2-7,10,19H2,1H3,(H,20,23)(H,21,22). The summed E-state index contributed by atoms with van der Waals surface area (Å²) >= 11 is 0. The summed E-state index contributed by atoms with van der Waals surface area (Å²) < 4.78 is 0. The van der Waals surface area contributed by atoms with Gasteiger partial charge in [-0.25, -0.2) is 4.98 Å². The highest BCUT2D eigenvalue weighted by atomic mass is 16.1. The molecule has 0 saturated heterocycles. The van der Waals surface area contributed by atoms with Gasteiger partial charge in [-0.2, -0.15) is 0 Å². The number of H-pyrrole nitrogens is 1. The summed E-state index contributed by atoms with van der Waals surface area (Å²) in [4.78, 5) is 20.3. The van der Waals surface area contributed by atoms with Gasteiger partial charge in [0.25, 0.3) is 0 Å². The van der Waals surface area contributed by atoms with E-state index in [-0.39, 0.29) is 17.9 Å². The van der Waals surface area contributed by atoms with Crippen LogP contribution in [0.1, 0.15) is 51.3 Å². The number of benzene rings is 1. The summed E-state index contributed by atoms with van der Waals surface area (Å²) in [5.74, 6) is 1.14. The minimum atomic E-state index is 0.0383. The van der Waals surface area contributed by atoms with Crippen molar-refractivity contribution in [2.45, 2.75) is 57.9 Å². The van der Waals surface area contributed by atoms with Gasteiger partial charge < -0.3 is 16.0 Å². The summed E-state index contributed by atoms with van der Waals surface area (Å²) in [6.45, 7) is 2.17. The monoisotopic (exact) mass is 314 g/mol. The lowest BCUT2D eigenvalue weighted by Gasteiger charge is -2.25. The van der Waals surface area contributed by atoms with Crippen LogP contribution in [0.2, 0.25) is 0 Å². The van der Waals surface area contributed by atoms with Crippen LogP contribution in [0.25, 0.3) is 11.0 Å². The molecule has 1 amide bonds. The Hall–Kier alpha value is -1.88. The molecule has 2 aromatic rings. The Balaban J connectivity index is 1.68. The number of hydrogen-bond donors (Lipinski definition) is 3. The van der Waals surface area contributed by atoms with E-state index in [0.717, 1.165) is 67.5 Å². The number of nitrogens with two attached hydrogens (primary N) is 1. The Kier molecular flexibility index (Phi) is 4.96. The van der Waals surface area contributed by atoms with E-state index in [2.05, 4.69) is 22.2 Å². The highest BCUT2D eigenvalue weighted by Gasteiger charge is 2.25. The maximum atomic E-state index is 12.4. The molecule has 5 heteroatoms. The molecule has 1 aromatic heterocycles. The molecule has 1 fully saturated rings. The van der Waals surface area contributed by atoms with Crippen LogP contribution in [0.15, 0.2) is 18.2 Å². The predicted octanol–water partition coefficient (Wildman–Crippen LogP) is 3.36. The molecule has 0 aliphatic heterocycles. The molecular weight excluding hydrogens is 288 g/mol. The molecule has 124 valence electrons. The molecule has 1 aliphatic carbocycles. The van der Waals surface area contributed by atoms with Crippen molar-refractivity contribution in [2.24, 2.45) is 11.7 Å². The number of anilines is 1. The van der Waals surface area contributed by atoms with Gasteiger partial charge in [-0.15, -0.1) is 0 Å². The van der Waals surface area contributed by atoms with E-state index >= 15 is 0 Å². The van der Waals surface area contributed by atoms with Crippen LogP contribution in [-0.4, -0.2) is 21.9 Å². The molecule has 3 rings (SSSR count). The molecule has 1 heterocycles. The van der Waals surface area contributed by atoms with E-state index in [9.17, 15) is 4.79 Å². The highest BCUT2D eigenvalue weighted by Crippen LogP contribution is 2.25. The average Bonchev–Trinajstić information content (AvgIpc) is 2.95. The van der Waals surface area contributed by atoms with Crippen LogP contribution in [0, 0.1) is 5.92 Å². The summed E-state index contributed by atoms with van der Waals surface area (Å²) in [5.41, 5.74) is 8.74. The predicted molar refractivity (Wildman–Crippen MR) is 93.3 cm³/mol. The number of aromatic amines is 1. The summed E-state index contributed by atoms with van der Waals surface area (Å²) in [5, 5.41) is 3.03. The van der Waals surface area contributed by atoms with Crippen molar-refractivity contribution >= 4 is 22.6 Å². The first-order valence-electron chi connectivity index (χ1n) is 8.71. The van der Waals surface area contributed by atoms with Crippen LogP contribution in [0.4, 0.5) is 5.69 Å². The van der Waals surface area contributed by atoms with E-state index in [1.807, 2.05) is 18.2 Å². The van der Waals surface area contributed by atoms with Gasteiger partial charge in [0.15, 0.2) is 0 Å². The number of aryl methyl sites for hydroxylation is 1. The average molecular weight is 314 g/mol. The number of nitrogens with zero attached hydrogens (tertiary/aromatic N) is 1. The second-order valence-corrected chi connectivity index (χ2v) is 6.63. The first-order chi connectivity index (χ1) is 11.2. The molecule has 2 unspecified atom stereocenters. The molecule has 0 bridgehead atoms. The van der Waals surface area contributed by atoms with Gasteiger partial charge in [0, 0.05) is 24.1 Å². The molecule has 0 radical (unpaired) electrons. The molecule has 0 spiro atoms. The van der Waals surface area contributed by atoms with Gasteiger partial charge in [-0.1, -0.05) is 19.8 Å². The Morgan fingerprint density at radius 3 is 3.09 bits per heavy atom. The second kappa shape index (κ2) is 7.13. The minimum Gasteiger partial charge on any atom is -0.342 e. The van der Waals surface area contributed by atoms with Crippen molar-refractivity contribution in [1.29, 1.82) is 0 Å². The molecule has 5 nitrogen and oxygen atoms in total. The van der Waals surface area contributed by atoms with Crippen LogP contribution < -0.4 is 11.1 Å². The third kappa shape index (κ3) is 3.91. The summed E-state index contributed by atoms with van der Waals surface area (Å²) in [6.07, 6.45) is 7.05. The number of nitrogens with one attached hydrogen (secondary N) is 2. The highest BCUT2D eigenvalue weighted by molar-refractivity contribution is 5.94. The largest absolute Gasteiger partial charge is 0.342 e. The van der Waals surface area contributed by atoms with Crippen molar-refractivity contribution in [2.75, 3.05) is 5.32 Å². The lowest BCUT2D eigenvalue weighted by Crippen LogP contribution is -2.34. The van der Waals surface area contributed by atoms with E-state index in [4.69, 9.17) is 5.73 Å². The normalized spacial score (nSPS) is 21.5. The van der Waals surface area contributed by atoms with Gasteiger partial charge in [-0.05, 0) is 43.9 Å². The number of amides is 1. The first-order valence-corrected chi connectivity index (χ1v) is 8.71. The SMILES string of the molecule is CCCCc1nc2ccc(NC(=O)C3CCCC(N)C3)cc2[nH]1. The maximum Gasteiger partial charge on any atom is 0.227 e. The molecule has 1 aliphatic rings. The zero-order valence-electron chi connectivity index (χ0n) is 13.8. The zero-order chi connectivity index (χ0) is 16.2. The quantitative estimate of drug-likeness (QED) is 0.791. The third-order valence-electron chi connectivity index (χ3n) is 4.65. The second-order valence-electron chi connectivity index (χ2n) is 6.63. The number of fused-ring (bicyclic) bond motifs is 1. The van der Waals surface area contributed by atoms with Crippen molar-refractivity contribution in [3.63, 3.8) is 0 Å². The minimum absolute atomic E-state index is 0.0383. The van der Waals surface area contributed by atoms with E-state index < -0.39 is 0 Å². The van der Waals surface area contributed by atoms with E-state index in [1.54, 1.807) is 0 Å². The lowest BCUT2D eigenvalue weighted by atomic mass is 9.85. The van der Waals surface area contributed by atoms with Crippen molar-refractivity contribution in [1.82, 2.24) is 9.97 Å². The van der Waals surface area contributed by atoms with E-state index in [0.29, 0.717) is 0 Å². The number of aromatic nitrogens is 2. The van der Waals surface area contributed by atoms with Gasteiger partial charge in [0.2, 0.25) is 5.91 Å². The number of rotatable bonds is 5. The smallest absolute Gasteiger partial charge is 0.227 e. The number of imidazole rings is 1. The third-order valence-corrected chi connectivity index (χ3v) is 4.65. The number of unbranched alkanes of at least 4 members (excludes halogenated alkanes) is 1. The van der Waals surface area contributed by atoms with Crippen LogP contribution in [0.3, 0.4) is 0 Å². The molecule has 1 saturated carbocycles. The van der Waals surface area contributed by atoms with Crippen LogP contribution in [-0.2, 0) is 11.2 Å². The molecule has 23 heavy (non-hydrogen) atoms. The fourth-order valence-corrected chi connectivity index (χ4v) is 3.31. The van der Waals surface area contributed by atoms with Gasteiger partial charge in [0.1, 0.15) is 5.82 Å². The number of carbonyl (C=O) groups is 1. The van der Waals surface area contributed by atoms with Crippen molar-refractivity contribution < 1.29 is 4.79 Å². The van der Waals surface area contributed by atoms with Gasteiger partial charge in [-0.3, -0.25) is 4.79 Å². The fourth-order valence-electron chi connectivity index (χ4n) is 3.31. The maximum absolute atomic E-state index is 12.4. The Bertz CT molecular complexity index is 679. The summed E-state index contributed by atoms with van der Waals surface area (Å²) in [7, 11) is 0. The Morgan fingerprint density at radius 1 is 1.43 bits per heavy atom. The fraction of sp³-hybridized carbons (Fsp3) is 0.556. The topological polar surface area (TPSA) is 83.8 Å². The molecule has 4 N–H and O–H groups in total. The molecule has 2 atom stereocenters. The van der Waals surface area contributed by atoms with Gasteiger partial charge >= 0.3 is 0 Å². The Labute approximate surface area is 137 Å². The van der Waals surface area contributed by atoms with Gasteiger partial charge in [0.05, 0.1) is 11.0 Å². The Morgan fingerprint density at radius 2 is 2.30 bits per heavy atom. The zero-order valence-corrected chi connectivity index (χ0v) is 13.8. The molecule has 1 aromatic carbocycles. The number of hydrogen-bond acceptors (Lipinski definition) is 3. The molecular formula is C18H26N4O. The van der Waals surface area contributed by atoms with Crippen LogP contribution in [0.5, 0.6) is 0 Å². The number of carbonyl (C=O) groups excluding carboxylic acids is 1. The van der Waals surface area contributed by atoms with E-state index in [1.165, 1.54) is 0 Å². The summed E-state index contributed by atoms with van der Waals surface area (Å²) in [6, 6.07) is 6.02.